The van der Waals surface area contributed by atoms with E-state index >= 15 is 0 Å². The molecular weight excluding hydrogens is 222 g/mol. The summed E-state index contributed by atoms with van der Waals surface area (Å²) < 4.78 is 0. The molecule has 0 unspecified atom stereocenters. The van der Waals surface area contributed by atoms with Crippen LogP contribution in [0.5, 0.6) is 5.75 Å². The average Bonchev–Trinajstić information content (AvgIpc) is 2.27. The van der Waals surface area contributed by atoms with E-state index in [1.54, 1.807) is 18.2 Å². The van der Waals surface area contributed by atoms with Crippen LogP contribution in [0.15, 0.2) is 30.3 Å². The number of carboxylic acids is 1. The van der Waals surface area contributed by atoms with Gasteiger partial charge in [0.25, 0.3) is 0 Å². The lowest BCUT2D eigenvalue weighted by Crippen LogP contribution is -2.30. The Bertz CT molecular complexity index is 436. The van der Waals surface area contributed by atoms with Gasteiger partial charge in [-0.3, -0.25) is 9.59 Å². The number of hydrogen-bond donors (Lipinski definition) is 2. The quantitative estimate of drug-likeness (QED) is 0.761. The Balaban J connectivity index is 2.61. The van der Waals surface area contributed by atoms with Crippen molar-refractivity contribution < 1.29 is 19.8 Å². The standard InChI is InChI=1S/C12H13NO4/c1-13(8-12(16)17)11(15)7-4-9-2-5-10(14)6-3-9/h2-7,14H,8H2,1H3,(H,16,17)/b7-4+. The fraction of sp³-hybridized carbons (Fsp3) is 0.167. The van der Waals surface area contributed by atoms with Crippen molar-refractivity contribution in [3.8, 4) is 5.75 Å². The van der Waals surface area contributed by atoms with Crippen molar-refractivity contribution in [1.29, 1.82) is 0 Å². The Hall–Kier alpha value is -2.30. The molecule has 0 atom stereocenters. The Morgan fingerprint density at radius 3 is 2.41 bits per heavy atom. The van der Waals surface area contributed by atoms with Gasteiger partial charge in [0.05, 0.1) is 0 Å². The van der Waals surface area contributed by atoms with Crippen molar-refractivity contribution in [3.05, 3.63) is 35.9 Å². The molecule has 90 valence electrons. The largest absolute Gasteiger partial charge is 0.508 e. The number of carboxylic acid groups (broad SMARTS) is 1. The van der Waals surface area contributed by atoms with Gasteiger partial charge in [0.15, 0.2) is 0 Å². The van der Waals surface area contributed by atoms with E-state index in [9.17, 15) is 9.59 Å². The second-order valence-electron chi connectivity index (χ2n) is 3.51. The minimum atomic E-state index is -1.06. The van der Waals surface area contributed by atoms with E-state index in [1.165, 1.54) is 25.3 Å². The van der Waals surface area contributed by atoms with E-state index < -0.39 is 5.97 Å². The van der Waals surface area contributed by atoms with Crippen LogP contribution in [0.1, 0.15) is 5.56 Å². The van der Waals surface area contributed by atoms with Crippen molar-refractivity contribution in [2.45, 2.75) is 0 Å². The van der Waals surface area contributed by atoms with Crippen molar-refractivity contribution in [1.82, 2.24) is 4.90 Å². The van der Waals surface area contributed by atoms with Crippen LogP contribution in [0.25, 0.3) is 6.08 Å². The summed E-state index contributed by atoms with van der Waals surface area (Å²) in [5.74, 6) is -1.30. The number of rotatable bonds is 4. The lowest BCUT2D eigenvalue weighted by atomic mass is 10.2. The second kappa shape index (κ2) is 5.69. The highest BCUT2D eigenvalue weighted by Crippen LogP contribution is 2.10. The van der Waals surface area contributed by atoms with Crippen LogP contribution in [0.4, 0.5) is 0 Å². The van der Waals surface area contributed by atoms with Crippen LogP contribution in [-0.2, 0) is 9.59 Å². The molecule has 0 spiro atoms. The van der Waals surface area contributed by atoms with Gasteiger partial charge in [-0.05, 0) is 23.8 Å². The number of carbonyl (C=O) groups is 2. The number of carbonyl (C=O) groups excluding carboxylic acids is 1. The fourth-order valence-corrected chi connectivity index (χ4v) is 1.16. The molecule has 0 radical (unpaired) electrons. The molecule has 5 nitrogen and oxygen atoms in total. The molecule has 1 aromatic carbocycles. The lowest BCUT2D eigenvalue weighted by molar-refractivity contribution is -0.141. The Labute approximate surface area is 98.6 Å². The van der Waals surface area contributed by atoms with Crippen molar-refractivity contribution in [2.75, 3.05) is 13.6 Å². The summed E-state index contributed by atoms with van der Waals surface area (Å²) in [5, 5.41) is 17.6. The fourth-order valence-electron chi connectivity index (χ4n) is 1.16. The van der Waals surface area contributed by atoms with Crippen molar-refractivity contribution in [3.63, 3.8) is 0 Å². The molecular formula is C12H13NO4. The predicted molar refractivity (Wildman–Crippen MR) is 62.4 cm³/mol. The van der Waals surface area contributed by atoms with Gasteiger partial charge >= 0.3 is 5.97 Å². The summed E-state index contributed by atoms with van der Waals surface area (Å²) in [6.45, 7) is -0.335. The van der Waals surface area contributed by atoms with Crippen LogP contribution in [0, 0.1) is 0 Å². The van der Waals surface area contributed by atoms with Crippen molar-refractivity contribution >= 4 is 18.0 Å². The third-order valence-corrected chi connectivity index (χ3v) is 2.06. The number of nitrogens with zero attached hydrogens (tertiary/aromatic N) is 1. The van der Waals surface area contributed by atoms with Crippen molar-refractivity contribution in [2.24, 2.45) is 0 Å². The molecule has 0 bridgehead atoms. The number of benzene rings is 1. The molecule has 5 heteroatoms. The van der Waals surface area contributed by atoms with E-state index in [0.717, 1.165) is 10.5 Å². The predicted octanol–water partition coefficient (Wildman–Crippen LogP) is 0.948. The Kier molecular flexibility index (Phi) is 4.28. The minimum absolute atomic E-state index is 0.150. The first-order valence-corrected chi connectivity index (χ1v) is 4.93. The summed E-state index contributed by atoms with van der Waals surface area (Å²) in [5.41, 5.74) is 0.750. The molecule has 0 heterocycles. The molecule has 0 aromatic heterocycles. The second-order valence-corrected chi connectivity index (χ2v) is 3.51. The smallest absolute Gasteiger partial charge is 0.323 e. The monoisotopic (exact) mass is 235 g/mol. The number of phenols is 1. The molecule has 2 N–H and O–H groups in total. The average molecular weight is 235 g/mol. The van der Waals surface area contributed by atoms with Crippen LogP contribution in [0.3, 0.4) is 0 Å². The molecule has 0 saturated carbocycles. The molecule has 17 heavy (non-hydrogen) atoms. The molecule has 0 aliphatic heterocycles. The van der Waals surface area contributed by atoms with E-state index in [1.807, 2.05) is 0 Å². The van der Waals surface area contributed by atoms with Gasteiger partial charge in [-0.2, -0.15) is 0 Å². The number of phenolic OH excluding ortho intramolecular Hbond substituents is 1. The summed E-state index contributed by atoms with van der Waals surface area (Å²) in [7, 11) is 1.41. The molecule has 0 fully saturated rings. The first-order valence-electron chi connectivity index (χ1n) is 4.93. The first kappa shape index (κ1) is 12.8. The van der Waals surface area contributed by atoms with E-state index in [4.69, 9.17) is 10.2 Å². The molecule has 1 amide bonds. The Morgan fingerprint density at radius 2 is 1.88 bits per heavy atom. The summed E-state index contributed by atoms with van der Waals surface area (Å²) >= 11 is 0. The van der Waals surface area contributed by atoms with E-state index in [2.05, 4.69) is 0 Å². The van der Waals surface area contributed by atoms with E-state index in [-0.39, 0.29) is 18.2 Å². The maximum atomic E-state index is 11.4. The summed E-state index contributed by atoms with van der Waals surface area (Å²) in [4.78, 5) is 22.9. The summed E-state index contributed by atoms with van der Waals surface area (Å²) in [6, 6.07) is 6.31. The van der Waals surface area contributed by atoms with Crippen LogP contribution in [-0.4, -0.2) is 40.6 Å². The first-order chi connectivity index (χ1) is 7.99. The number of likely N-dealkylation sites (N-methyl/N-ethyl adjacent to an activating group) is 1. The molecule has 0 saturated heterocycles. The van der Waals surface area contributed by atoms with E-state index in [0.29, 0.717) is 0 Å². The Morgan fingerprint density at radius 1 is 1.29 bits per heavy atom. The zero-order valence-corrected chi connectivity index (χ0v) is 9.33. The maximum absolute atomic E-state index is 11.4. The van der Waals surface area contributed by atoms with Gasteiger partial charge < -0.3 is 15.1 Å². The highest BCUT2D eigenvalue weighted by Gasteiger charge is 2.08. The zero-order valence-electron chi connectivity index (χ0n) is 9.33. The van der Waals surface area contributed by atoms with Gasteiger partial charge in [-0.15, -0.1) is 0 Å². The van der Waals surface area contributed by atoms with Gasteiger partial charge in [-0.25, -0.2) is 0 Å². The number of hydrogen-bond acceptors (Lipinski definition) is 3. The minimum Gasteiger partial charge on any atom is -0.508 e. The topological polar surface area (TPSA) is 77.8 Å². The number of aliphatic carboxylic acids is 1. The van der Waals surface area contributed by atoms with Crippen LogP contribution < -0.4 is 0 Å². The maximum Gasteiger partial charge on any atom is 0.323 e. The highest BCUT2D eigenvalue weighted by molar-refractivity contribution is 5.93. The third-order valence-electron chi connectivity index (χ3n) is 2.06. The van der Waals surface area contributed by atoms with Gasteiger partial charge in [0.2, 0.25) is 5.91 Å². The molecule has 0 aliphatic rings. The lowest BCUT2D eigenvalue weighted by Gasteiger charge is -2.11. The van der Waals surface area contributed by atoms with Gasteiger partial charge in [0.1, 0.15) is 12.3 Å². The SMILES string of the molecule is CN(CC(=O)O)C(=O)/C=C/c1ccc(O)cc1. The number of aromatic hydroxyl groups is 1. The molecule has 1 aromatic rings. The third kappa shape index (κ3) is 4.38. The van der Waals surface area contributed by atoms with Gasteiger partial charge in [-0.1, -0.05) is 12.1 Å². The molecule has 1 rings (SSSR count). The van der Waals surface area contributed by atoms with Crippen LogP contribution in [0.2, 0.25) is 0 Å². The van der Waals surface area contributed by atoms with Gasteiger partial charge in [0, 0.05) is 13.1 Å². The number of amides is 1. The molecule has 0 aliphatic carbocycles. The zero-order chi connectivity index (χ0) is 12.8. The highest BCUT2D eigenvalue weighted by atomic mass is 16.4. The summed E-state index contributed by atoms with van der Waals surface area (Å²) in [6.07, 6.45) is 2.84. The normalized spacial score (nSPS) is 10.4. The van der Waals surface area contributed by atoms with Crippen LogP contribution >= 0.6 is 0 Å².